The molecule has 1 saturated heterocycles. The summed E-state index contributed by atoms with van der Waals surface area (Å²) >= 11 is 0. The number of rotatable bonds is 3. The summed E-state index contributed by atoms with van der Waals surface area (Å²) < 4.78 is 11.1. The molecule has 7 nitrogen and oxygen atoms in total. The molecule has 1 atom stereocenters. The first-order valence-corrected chi connectivity index (χ1v) is 11.0. The van der Waals surface area contributed by atoms with E-state index in [9.17, 15) is 14.7 Å². The standard InChI is InChI=1S/C25H30N2O5/c1-25(2,3)32-24(30)27-13-12-26(14-17(27)15-28)23(29)31-16-22-20-10-6-4-8-18(20)19-9-5-7-11-21(19)22/h4-11,17,22,28H,12-16H2,1-3H3. The predicted octanol–water partition coefficient (Wildman–Crippen LogP) is 3.85. The van der Waals surface area contributed by atoms with E-state index in [1.54, 1.807) is 25.7 Å². The average Bonchev–Trinajstić information content (AvgIpc) is 3.09. The SMILES string of the molecule is CC(C)(C)OC(=O)N1CCN(C(=O)OCC2c3ccccc3-c3ccccc32)CC1CO. The van der Waals surface area contributed by atoms with Crippen molar-refractivity contribution in [3.8, 4) is 11.1 Å². The molecule has 0 spiro atoms. The molecule has 1 aliphatic carbocycles. The van der Waals surface area contributed by atoms with E-state index in [4.69, 9.17) is 9.47 Å². The Morgan fingerprint density at radius 1 is 0.969 bits per heavy atom. The number of hydrogen-bond donors (Lipinski definition) is 1. The van der Waals surface area contributed by atoms with Crippen molar-refractivity contribution < 1.29 is 24.2 Å². The van der Waals surface area contributed by atoms with Crippen molar-refractivity contribution in [2.75, 3.05) is 32.8 Å². The highest BCUT2D eigenvalue weighted by Crippen LogP contribution is 2.44. The molecular formula is C25H30N2O5. The maximum atomic E-state index is 12.8. The van der Waals surface area contributed by atoms with Crippen molar-refractivity contribution in [1.82, 2.24) is 9.80 Å². The molecule has 0 saturated carbocycles. The molecule has 32 heavy (non-hydrogen) atoms. The lowest BCUT2D eigenvalue weighted by Gasteiger charge is -2.40. The van der Waals surface area contributed by atoms with E-state index < -0.39 is 23.8 Å². The van der Waals surface area contributed by atoms with E-state index in [2.05, 4.69) is 24.3 Å². The molecule has 2 aliphatic rings. The molecule has 170 valence electrons. The minimum atomic E-state index is -0.624. The van der Waals surface area contributed by atoms with E-state index in [0.717, 1.165) is 11.1 Å². The van der Waals surface area contributed by atoms with E-state index in [1.807, 2.05) is 24.3 Å². The van der Waals surface area contributed by atoms with Crippen LogP contribution in [0.1, 0.15) is 37.8 Å². The van der Waals surface area contributed by atoms with Gasteiger partial charge in [0.05, 0.1) is 12.6 Å². The predicted molar refractivity (Wildman–Crippen MR) is 120 cm³/mol. The van der Waals surface area contributed by atoms with Crippen LogP contribution >= 0.6 is 0 Å². The summed E-state index contributed by atoms with van der Waals surface area (Å²) in [6, 6.07) is 15.9. The number of aliphatic hydroxyl groups excluding tert-OH is 1. The molecule has 0 radical (unpaired) electrons. The van der Waals surface area contributed by atoms with Crippen molar-refractivity contribution in [2.24, 2.45) is 0 Å². The summed E-state index contributed by atoms with van der Waals surface area (Å²) in [6.45, 7) is 6.18. The zero-order valence-corrected chi connectivity index (χ0v) is 18.8. The maximum Gasteiger partial charge on any atom is 0.410 e. The second kappa shape index (κ2) is 8.82. The Hall–Kier alpha value is -3.06. The number of carbonyl (C=O) groups is 2. The Labute approximate surface area is 188 Å². The van der Waals surface area contributed by atoms with Crippen LogP contribution < -0.4 is 0 Å². The number of hydrogen-bond acceptors (Lipinski definition) is 5. The molecule has 2 amide bonds. The minimum absolute atomic E-state index is 0.0111. The van der Waals surface area contributed by atoms with Crippen LogP contribution in [0.15, 0.2) is 48.5 Å². The Morgan fingerprint density at radius 2 is 1.56 bits per heavy atom. The van der Waals surface area contributed by atoms with Crippen LogP contribution in [0.4, 0.5) is 9.59 Å². The molecule has 2 aromatic rings. The first kappa shape index (κ1) is 22.1. The topological polar surface area (TPSA) is 79.3 Å². The average molecular weight is 439 g/mol. The van der Waals surface area contributed by atoms with Gasteiger partial charge in [-0.2, -0.15) is 0 Å². The zero-order chi connectivity index (χ0) is 22.9. The Bertz CT molecular complexity index is 954. The van der Waals surface area contributed by atoms with Gasteiger partial charge >= 0.3 is 12.2 Å². The van der Waals surface area contributed by atoms with Crippen molar-refractivity contribution in [3.63, 3.8) is 0 Å². The molecule has 1 N–H and O–H groups in total. The number of nitrogens with zero attached hydrogens (tertiary/aromatic N) is 2. The largest absolute Gasteiger partial charge is 0.448 e. The van der Waals surface area contributed by atoms with Gasteiger partial charge in [0.25, 0.3) is 0 Å². The van der Waals surface area contributed by atoms with Gasteiger partial charge in [-0.1, -0.05) is 48.5 Å². The lowest BCUT2D eigenvalue weighted by Crippen LogP contribution is -2.58. The van der Waals surface area contributed by atoms with Gasteiger partial charge in [0.15, 0.2) is 0 Å². The van der Waals surface area contributed by atoms with Crippen LogP contribution in [-0.4, -0.2) is 71.6 Å². The Balaban J connectivity index is 1.40. The normalized spacial score (nSPS) is 18.2. The fourth-order valence-electron chi connectivity index (χ4n) is 4.42. The summed E-state index contributed by atoms with van der Waals surface area (Å²) in [5.41, 5.74) is 4.04. The van der Waals surface area contributed by atoms with Crippen molar-refractivity contribution in [1.29, 1.82) is 0 Å². The smallest absolute Gasteiger partial charge is 0.410 e. The van der Waals surface area contributed by atoms with Crippen molar-refractivity contribution >= 4 is 12.2 Å². The van der Waals surface area contributed by atoms with Crippen molar-refractivity contribution in [3.05, 3.63) is 59.7 Å². The molecule has 1 heterocycles. The lowest BCUT2D eigenvalue weighted by atomic mass is 9.98. The zero-order valence-electron chi connectivity index (χ0n) is 18.8. The van der Waals surface area contributed by atoms with E-state index in [0.29, 0.717) is 6.54 Å². The molecule has 1 unspecified atom stereocenters. The van der Waals surface area contributed by atoms with Crippen LogP contribution in [0.5, 0.6) is 0 Å². The van der Waals surface area contributed by atoms with Crippen LogP contribution in [0, 0.1) is 0 Å². The maximum absolute atomic E-state index is 12.8. The van der Waals surface area contributed by atoms with Crippen molar-refractivity contribution in [2.45, 2.75) is 38.3 Å². The Morgan fingerprint density at radius 3 is 2.12 bits per heavy atom. The van der Waals surface area contributed by atoms with Crippen LogP contribution in [-0.2, 0) is 9.47 Å². The summed E-state index contributed by atoms with van der Waals surface area (Å²) in [5, 5.41) is 9.80. The van der Waals surface area contributed by atoms with Crippen LogP contribution in [0.25, 0.3) is 11.1 Å². The third-order valence-electron chi connectivity index (χ3n) is 5.92. The fourth-order valence-corrected chi connectivity index (χ4v) is 4.42. The van der Waals surface area contributed by atoms with Gasteiger partial charge in [-0.3, -0.25) is 4.90 Å². The van der Waals surface area contributed by atoms with Gasteiger partial charge in [-0.15, -0.1) is 0 Å². The van der Waals surface area contributed by atoms with Gasteiger partial charge in [0, 0.05) is 25.6 Å². The van der Waals surface area contributed by atoms with Gasteiger partial charge in [-0.25, -0.2) is 9.59 Å². The number of benzene rings is 2. The Kier molecular flexibility index (Phi) is 6.11. The monoisotopic (exact) mass is 438 g/mol. The molecule has 4 rings (SSSR count). The quantitative estimate of drug-likeness (QED) is 0.788. The first-order chi connectivity index (χ1) is 15.3. The van der Waals surface area contributed by atoms with Gasteiger partial charge in [0.2, 0.25) is 0 Å². The van der Waals surface area contributed by atoms with E-state index in [1.165, 1.54) is 16.0 Å². The molecule has 1 fully saturated rings. The lowest BCUT2D eigenvalue weighted by molar-refractivity contribution is -0.0122. The molecule has 0 aromatic heterocycles. The minimum Gasteiger partial charge on any atom is -0.448 e. The molecule has 0 bridgehead atoms. The molecular weight excluding hydrogens is 408 g/mol. The van der Waals surface area contributed by atoms with Crippen LogP contribution in [0.2, 0.25) is 0 Å². The highest BCUT2D eigenvalue weighted by atomic mass is 16.6. The van der Waals surface area contributed by atoms with Gasteiger partial charge < -0.3 is 19.5 Å². The highest BCUT2D eigenvalue weighted by molar-refractivity contribution is 5.79. The molecule has 7 heteroatoms. The summed E-state index contributed by atoms with van der Waals surface area (Å²) in [5.74, 6) is -0.0111. The number of aliphatic hydroxyl groups is 1. The summed E-state index contributed by atoms with van der Waals surface area (Å²) in [7, 11) is 0. The van der Waals surface area contributed by atoms with Crippen LogP contribution in [0.3, 0.4) is 0 Å². The number of carbonyl (C=O) groups excluding carboxylic acids is 2. The van der Waals surface area contributed by atoms with E-state index in [-0.39, 0.29) is 32.2 Å². The summed E-state index contributed by atoms with van der Waals surface area (Å²) in [4.78, 5) is 28.3. The van der Waals surface area contributed by atoms with E-state index >= 15 is 0 Å². The molecule has 1 aliphatic heterocycles. The molecule has 2 aromatic carbocycles. The number of ether oxygens (including phenoxy) is 2. The number of fused-ring (bicyclic) bond motifs is 3. The highest BCUT2D eigenvalue weighted by Gasteiger charge is 2.36. The second-order valence-electron chi connectivity index (χ2n) is 9.26. The second-order valence-corrected chi connectivity index (χ2v) is 9.26. The number of amides is 2. The third-order valence-corrected chi connectivity index (χ3v) is 5.92. The number of piperazine rings is 1. The summed E-state index contributed by atoms with van der Waals surface area (Å²) in [6.07, 6.45) is -0.919. The first-order valence-electron chi connectivity index (χ1n) is 11.0. The van der Waals surface area contributed by atoms with Gasteiger partial charge in [-0.05, 0) is 43.0 Å². The fraction of sp³-hybridized carbons (Fsp3) is 0.440. The van der Waals surface area contributed by atoms with Gasteiger partial charge in [0.1, 0.15) is 12.2 Å². The third kappa shape index (κ3) is 4.43.